The molecule has 2 aliphatic heterocycles. The summed E-state index contributed by atoms with van der Waals surface area (Å²) in [6.45, 7) is 2.96. The van der Waals surface area contributed by atoms with Crippen molar-refractivity contribution in [1.29, 1.82) is 0 Å². The molecule has 29 heavy (non-hydrogen) atoms. The Morgan fingerprint density at radius 1 is 0.931 bits per heavy atom. The Bertz CT molecular complexity index is 894. The second-order valence-corrected chi connectivity index (χ2v) is 7.46. The highest BCUT2D eigenvalue weighted by Crippen LogP contribution is 2.26. The molecule has 7 heteroatoms. The van der Waals surface area contributed by atoms with E-state index in [1.165, 1.54) is 18.2 Å². The number of benzene rings is 2. The van der Waals surface area contributed by atoms with E-state index in [0.717, 1.165) is 12.1 Å². The monoisotopic (exact) mass is 397 g/mol. The number of piperazine rings is 1. The van der Waals surface area contributed by atoms with E-state index in [9.17, 15) is 19.1 Å². The quantitative estimate of drug-likeness (QED) is 0.864. The van der Waals surface area contributed by atoms with Crippen molar-refractivity contribution < 1.29 is 19.1 Å². The molecule has 2 amide bonds. The van der Waals surface area contributed by atoms with Crippen LogP contribution in [-0.2, 0) is 4.79 Å². The van der Waals surface area contributed by atoms with Crippen molar-refractivity contribution >= 4 is 17.5 Å². The molecule has 0 aromatic heterocycles. The van der Waals surface area contributed by atoms with E-state index >= 15 is 0 Å². The van der Waals surface area contributed by atoms with E-state index in [0.29, 0.717) is 39.1 Å². The second-order valence-electron chi connectivity index (χ2n) is 7.46. The Morgan fingerprint density at radius 2 is 1.62 bits per heavy atom. The van der Waals surface area contributed by atoms with Crippen molar-refractivity contribution in [2.75, 3.05) is 37.6 Å². The molecule has 0 radical (unpaired) electrons. The van der Waals surface area contributed by atoms with Crippen LogP contribution in [0.1, 0.15) is 23.2 Å². The topological polar surface area (TPSA) is 64.1 Å². The maximum absolute atomic E-state index is 13.1. The number of phenolic OH excluding ortho intramolecular Hbond substituents is 1. The minimum Gasteiger partial charge on any atom is -0.507 e. The summed E-state index contributed by atoms with van der Waals surface area (Å²) in [5, 5.41) is 10.00. The third-order valence-electron chi connectivity index (χ3n) is 5.72. The van der Waals surface area contributed by atoms with Gasteiger partial charge in [0.05, 0.1) is 5.56 Å². The Balaban J connectivity index is 1.41. The lowest BCUT2D eigenvalue weighted by Gasteiger charge is -2.38. The predicted octanol–water partition coefficient (Wildman–Crippen LogP) is 2.48. The predicted molar refractivity (Wildman–Crippen MR) is 107 cm³/mol. The van der Waals surface area contributed by atoms with E-state index in [-0.39, 0.29) is 28.9 Å². The van der Waals surface area contributed by atoms with Gasteiger partial charge in [-0.3, -0.25) is 9.59 Å². The van der Waals surface area contributed by atoms with Gasteiger partial charge in [0.1, 0.15) is 17.6 Å². The number of likely N-dealkylation sites (tertiary alicyclic amines) is 1. The van der Waals surface area contributed by atoms with Gasteiger partial charge in [0.2, 0.25) is 5.91 Å². The molecule has 2 aliphatic rings. The standard InChI is InChI=1S/C22H24FN3O3/c23-16-7-9-17(10-8-16)24-12-14-25(15-13-24)22(29)19-5-3-11-26(19)21(28)18-4-1-2-6-20(18)27/h1-2,4,6-10,19,27H,3,5,11-15H2. The molecule has 0 saturated carbocycles. The smallest absolute Gasteiger partial charge is 0.258 e. The molecule has 2 saturated heterocycles. The van der Waals surface area contributed by atoms with Crippen LogP contribution in [0.25, 0.3) is 0 Å². The van der Waals surface area contributed by atoms with Gasteiger partial charge in [-0.25, -0.2) is 4.39 Å². The van der Waals surface area contributed by atoms with Crippen LogP contribution in [0.4, 0.5) is 10.1 Å². The van der Waals surface area contributed by atoms with E-state index in [4.69, 9.17) is 0 Å². The SMILES string of the molecule is O=C(C1CCCN1C(=O)c1ccccc1O)N1CCN(c2ccc(F)cc2)CC1. The van der Waals surface area contributed by atoms with Gasteiger partial charge in [0, 0.05) is 38.4 Å². The van der Waals surface area contributed by atoms with Gasteiger partial charge < -0.3 is 19.8 Å². The van der Waals surface area contributed by atoms with Gasteiger partial charge in [-0.2, -0.15) is 0 Å². The molecule has 1 atom stereocenters. The van der Waals surface area contributed by atoms with Gasteiger partial charge in [0.25, 0.3) is 5.91 Å². The van der Waals surface area contributed by atoms with E-state index < -0.39 is 6.04 Å². The molecule has 6 nitrogen and oxygen atoms in total. The summed E-state index contributed by atoms with van der Waals surface area (Å²) in [5.74, 6) is -0.671. The molecule has 0 spiro atoms. The van der Waals surface area contributed by atoms with Gasteiger partial charge in [-0.05, 0) is 49.2 Å². The first kappa shape index (κ1) is 19.2. The summed E-state index contributed by atoms with van der Waals surface area (Å²) in [5.41, 5.74) is 1.17. The fraction of sp³-hybridized carbons (Fsp3) is 0.364. The highest BCUT2D eigenvalue weighted by molar-refractivity contribution is 6.00. The Kier molecular flexibility index (Phi) is 5.38. The molecule has 152 valence electrons. The minimum atomic E-state index is -0.487. The number of hydrogen-bond acceptors (Lipinski definition) is 4. The molecule has 0 aliphatic carbocycles. The zero-order valence-electron chi connectivity index (χ0n) is 16.1. The van der Waals surface area contributed by atoms with Gasteiger partial charge in [-0.1, -0.05) is 12.1 Å². The molecule has 0 bridgehead atoms. The normalized spacial score (nSPS) is 19.5. The van der Waals surface area contributed by atoms with Crippen LogP contribution in [0, 0.1) is 5.82 Å². The zero-order valence-corrected chi connectivity index (χ0v) is 16.1. The van der Waals surface area contributed by atoms with Crippen molar-refractivity contribution in [3.05, 3.63) is 59.9 Å². The van der Waals surface area contributed by atoms with Crippen LogP contribution >= 0.6 is 0 Å². The van der Waals surface area contributed by atoms with Crippen LogP contribution in [0.15, 0.2) is 48.5 Å². The average molecular weight is 397 g/mol. The van der Waals surface area contributed by atoms with Crippen LogP contribution < -0.4 is 4.90 Å². The number of carbonyl (C=O) groups excluding carboxylic acids is 2. The number of hydrogen-bond donors (Lipinski definition) is 1. The average Bonchev–Trinajstić information content (AvgIpc) is 3.24. The van der Waals surface area contributed by atoms with Gasteiger partial charge >= 0.3 is 0 Å². The molecule has 2 fully saturated rings. The third kappa shape index (κ3) is 3.90. The van der Waals surface area contributed by atoms with Crippen molar-refractivity contribution in [1.82, 2.24) is 9.80 Å². The summed E-state index contributed by atoms with van der Waals surface area (Å²) in [4.78, 5) is 31.5. The van der Waals surface area contributed by atoms with Gasteiger partial charge in [0.15, 0.2) is 0 Å². The summed E-state index contributed by atoms with van der Waals surface area (Å²) in [7, 11) is 0. The molecule has 1 N–H and O–H groups in total. The Labute approximate surface area is 169 Å². The third-order valence-corrected chi connectivity index (χ3v) is 5.72. The summed E-state index contributed by atoms with van der Waals surface area (Å²) in [6.07, 6.45) is 1.40. The number of phenols is 1. The van der Waals surface area contributed by atoms with E-state index in [1.807, 2.05) is 0 Å². The lowest BCUT2D eigenvalue weighted by atomic mass is 10.1. The van der Waals surface area contributed by atoms with E-state index in [1.54, 1.807) is 40.1 Å². The first-order valence-electron chi connectivity index (χ1n) is 9.93. The maximum atomic E-state index is 13.1. The number of nitrogens with zero attached hydrogens (tertiary/aromatic N) is 3. The number of amides is 2. The first-order valence-corrected chi connectivity index (χ1v) is 9.93. The molecule has 4 rings (SSSR count). The Hall–Kier alpha value is -3.09. The van der Waals surface area contributed by atoms with Crippen molar-refractivity contribution in [3.8, 4) is 5.75 Å². The number of aromatic hydroxyl groups is 1. The van der Waals surface area contributed by atoms with Crippen LogP contribution in [0.3, 0.4) is 0 Å². The Morgan fingerprint density at radius 3 is 2.31 bits per heavy atom. The zero-order chi connectivity index (χ0) is 20.4. The highest BCUT2D eigenvalue weighted by atomic mass is 19.1. The minimum absolute atomic E-state index is 0.0370. The van der Waals surface area contributed by atoms with Crippen LogP contribution in [0.2, 0.25) is 0 Å². The highest BCUT2D eigenvalue weighted by Gasteiger charge is 2.38. The van der Waals surface area contributed by atoms with Gasteiger partial charge in [-0.15, -0.1) is 0 Å². The molecule has 2 heterocycles. The van der Waals surface area contributed by atoms with Crippen LogP contribution in [-0.4, -0.2) is 65.5 Å². The largest absolute Gasteiger partial charge is 0.507 e. The van der Waals surface area contributed by atoms with Crippen molar-refractivity contribution in [2.45, 2.75) is 18.9 Å². The molecule has 2 aromatic rings. The molecular formula is C22H24FN3O3. The fourth-order valence-corrected chi connectivity index (χ4v) is 4.12. The van der Waals surface area contributed by atoms with Crippen LogP contribution in [0.5, 0.6) is 5.75 Å². The first-order chi connectivity index (χ1) is 14.0. The lowest BCUT2D eigenvalue weighted by Crippen LogP contribution is -2.54. The number of rotatable bonds is 3. The summed E-state index contributed by atoms with van der Waals surface area (Å²) in [6, 6.07) is 12.3. The number of para-hydroxylation sites is 1. The summed E-state index contributed by atoms with van der Waals surface area (Å²) >= 11 is 0. The molecule has 1 unspecified atom stereocenters. The summed E-state index contributed by atoms with van der Waals surface area (Å²) < 4.78 is 13.1. The number of halogens is 1. The maximum Gasteiger partial charge on any atom is 0.258 e. The van der Waals surface area contributed by atoms with E-state index in [2.05, 4.69) is 4.90 Å². The lowest BCUT2D eigenvalue weighted by molar-refractivity contribution is -0.135. The number of anilines is 1. The molecule has 2 aromatic carbocycles. The molecular weight excluding hydrogens is 373 g/mol. The number of carbonyl (C=O) groups is 2. The second kappa shape index (κ2) is 8.11. The fourth-order valence-electron chi connectivity index (χ4n) is 4.12. The van der Waals surface area contributed by atoms with Crippen molar-refractivity contribution in [3.63, 3.8) is 0 Å². The van der Waals surface area contributed by atoms with Crippen molar-refractivity contribution in [2.24, 2.45) is 0 Å².